The molecule has 1 saturated heterocycles. The van der Waals surface area contributed by atoms with E-state index in [-0.39, 0.29) is 5.56 Å². The second kappa shape index (κ2) is 10.9. The fourth-order valence-electron chi connectivity index (χ4n) is 3.26. The van der Waals surface area contributed by atoms with E-state index in [1.807, 2.05) is 19.3 Å². The standard InChI is InChI=1S/C19H33N5O/c1-3-12-23-15-9-17(10-16-23)22-19(20-2)21-11-5-7-14-24-13-6-4-8-18(24)25/h4,6,8,13,17H,3,5,7,9-12,14-16H2,1-2H3,(H2,20,21,22). The van der Waals surface area contributed by atoms with Crippen LogP contribution in [0.2, 0.25) is 0 Å². The lowest BCUT2D eigenvalue weighted by atomic mass is 10.1. The molecule has 0 unspecified atom stereocenters. The highest BCUT2D eigenvalue weighted by Gasteiger charge is 2.19. The van der Waals surface area contributed by atoms with Gasteiger partial charge in [0.15, 0.2) is 5.96 Å². The topological polar surface area (TPSA) is 61.7 Å². The number of aromatic nitrogens is 1. The average Bonchev–Trinajstić information content (AvgIpc) is 2.63. The number of nitrogens with zero attached hydrogens (tertiary/aromatic N) is 3. The van der Waals surface area contributed by atoms with Crippen molar-refractivity contribution in [2.75, 3.05) is 33.2 Å². The molecule has 2 N–H and O–H groups in total. The van der Waals surface area contributed by atoms with Crippen LogP contribution in [-0.2, 0) is 6.54 Å². The molecule has 0 radical (unpaired) electrons. The van der Waals surface area contributed by atoms with Crippen LogP contribution in [0.1, 0.15) is 39.0 Å². The van der Waals surface area contributed by atoms with E-state index < -0.39 is 0 Å². The van der Waals surface area contributed by atoms with Gasteiger partial charge >= 0.3 is 0 Å². The lowest BCUT2D eigenvalue weighted by Crippen LogP contribution is -2.48. The lowest BCUT2D eigenvalue weighted by molar-refractivity contribution is 0.206. The maximum Gasteiger partial charge on any atom is 0.250 e. The van der Waals surface area contributed by atoms with Crippen molar-refractivity contribution in [2.24, 2.45) is 4.99 Å². The highest BCUT2D eigenvalue weighted by molar-refractivity contribution is 5.79. The minimum absolute atomic E-state index is 0.0716. The molecule has 6 nitrogen and oxygen atoms in total. The summed E-state index contributed by atoms with van der Waals surface area (Å²) in [5.41, 5.74) is 0.0716. The van der Waals surface area contributed by atoms with E-state index in [0.29, 0.717) is 6.04 Å². The number of hydrogen-bond donors (Lipinski definition) is 2. The van der Waals surface area contributed by atoms with E-state index in [0.717, 1.165) is 31.9 Å². The first-order valence-corrected chi connectivity index (χ1v) is 9.58. The molecule has 140 valence electrons. The van der Waals surface area contributed by atoms with Crippen molar-refractivity contribution in [1.82, 2.24) is 20.1 Å². The number of rotatable bonds is 8. The third-order valence-corrected chi connectivity index (χ3v) is 4.71. The van der Waals surface area contributed by atoms with Crippen LogP contribution in [0.3, 0.4) is 0 Å². The quantitative estimate of drug-likeness (QED) is 0.427. The van der Waals surface area contributed by atoms with Crippen molar-refractivity contribution in [2.45, 2.75) is 51.6 Å². The molecule has 1 aromatic heterocycles. The molecule has 1 aliphatic heterocycles. The van der Waals surface area contributed by atoms with Crippen molar-refractivity contribution >= 4 is 5.96 Å². The van der Waals surface area contributed by atoms with Crippen molar-refractivity contribution < 1.29 is 0 Å². The van der Waals surface area contributed by atoms with E-state index in [2.05, 4.69) is 27.4 Å². The molecule has 1 fully saturated rings. The highest BCUT2D eigenvalue weighted by Crippen LogP contribution is 2.10. The first-order valence-electron chi connectivity index (χ1n) is 9.58. The Morgan fingerprint density at radius 3 is 2.72 bits per heavy atom. The summed E-state index contributed by atoms with van der Waals surface area (Å²) in [6.07, 6.45) is 7.42. The van der Waals surface area contributed by atoms with Crippen LogP contribution in [0.15, 0.2) is 34.2 Å². The number of piperidine rings is 1. The molecule has 0 saturated carbocycles. The molecule has 2 rings (SSSR count). The molecular formula is C19H33N5O. The summed E-state index contributed by atoms with van der Waals surface area (Å²) < 4.78 is 1.76. The molecule has 0 aliphatic carbocycles. The predicted octanol–water partition coefficient (Wildman–Crippen LogP) is 1.67. The van der Waals surface area contributed by atoms with Crippen LogP contribution in [0.5, 0.6) is 0 Å². The number of aliphatic imine (C=N–C) groups is 1. The maximum atomic E-state index is 11.6. The molecule has 25 heavy (non-hydrogen) atoms. The Morgan fingerprint density at radius 1 is 1.24 bits per heavy atom. The first-order chi connectivity index (χ1) is 12.2. The van der Waals surface area contributed by atoms with Crippen LogP contribution in [-0.4, -0.2) is 54.7 Å². The van der Waals surface area contributed by atoms with Crippen LogP contribution in [0.4, 0.5) is 0 Å². The summed E-state index contributed by atoms with van der Waals surface area (Å²) in [6, 6.07) is 5.80. The van der Waals surface area contributed by atoms with Gasteiger partial charge in [0.1, 0.15) is 0 Å². The molecule has 0 aromatic carbocycles. The molecule has 0 atom stereocenters. The van der Waals surface area contributed by atoms with Crippen LogP contribution < -0.4 is 16.2 Å². The van der Waals surface area contributed by atoms with Crippen LogP contribution in [0, 0.1) is 0 Å². The summed E-state index contributed by atoms with van der Waals surface area (Å²) in [7, 11) is 1.82. The van der Waals surface area contributed by atoms with E-state index in [4.69, 9.17) is 0 Å². The van der Waals surface area contributed by atoms with Gasteiger partial charge in [0.25, 0.3) is 0 Å². The Kier molecular flexibility index (Phi) is 8.52. The fraction of sp³-hybridized carbons (Fsp3) is 0.684. The van der Waals surface area contributed by atoms with Gasteiger partial charge in [-0.15, -0.1) is 0 Å². The zero-order chi connectivity index (χ0) is 17.9. The second-order valence-electron chi connectivity index (χ2n) is 6.70. The minimum atomic E-state index is 0.0716. The molecule has 0 amide bonds. The largest absolute Gasteiger partial charge is 0.356 e. The Balaban J connectivity index is 1.61. The van der Waals surface area contributed by atoms with Gasteiger partial charge in [-0.25, -0.2) is 0 Å². The zero-order valence-corrected chi connectivity index (χ0v) is 15.7. The Morgan fingerprint density at radius 2 is 2.04 bits per heavy atom. The van der Waals surface area contributed by atoms with Crippen molar-refractivity contribution in [3.63, 3.8) is 0 Å². The highest BCUT2D eigenvalue weighted by atomic mass is 16.1. The number of pyridine rings is 1. The van der Waals surface area contributed by atoms with Gasteiger partial charge in [-0.3, -0.25) is 9.79 Å². The molecular weight excluding hydrogens is 314 g/mol. The van der Waals surface area contributed by atoms with Crippen molar-refractivity contribution in [1.29, 1.82) is 0 Å². The first kappa shape index (κ1) is 19.5. The summed E-state index contributed by atoms with van der Waals surface area (Å²) in [5.74, 6) is 0.894. The monoisotopic (exact) mass is 347 g/mol. The second-order valence-corrected chi connectivity index (χ2v) is 6.70. The predicted molar refractivity (Wildman–Crippen MR) is 104 cm³/mol. The Bertz CT molecular complexity index is 575. The third kappa shape index (κ3) is 6.90. The van der Waals surface area contributed by atoms with E-state index in [1.165, 1.54) is 38.9 Å². The van der Waals surface area contributed by atoms with E-state index >= 15 is 0 Å². The number of unbranched alkanes of at least 4 members (excludes halogenated alkanes) is 1. The lowest BCUT2D eigenvalue weighted by Gasteiger charge is -2.32. The van der Waals surface area contributed by atoms with Gasteiger partial charge in [0.05, 0.1) is 0 Å². The van der Waals surface area contributed by atoms with Crippen LogP contribution in [0.25, 0.3) is 0 Å². The molecule has 2 heterocycles. The Labute approximate surface area is 151 Å². The fourth-order valence-corrected chi connectivity index (χ4v) is 3.26. The number of aryl methyl sites for hydroxylation is 1. The normalized spacial score (nSPS) is 16.8. The van der Waals surface area contributed by atoms with Gasteiger partial charge in [0, 0.05) is 51.5 Å². The maximum absolute atomic E-state index is 11.6. The third-order valence-electron chi connectivity index (χ3n) is 4.71. The van der Waals surface area contributed by atoms with E-state index in [9.17, 15) is 4.79 Å². The van der Waals surface area contributed by atoms with Gasteiger partial charge in [-0.05, 0) is 44.7 Å². The number of guanidine groups is 1. The minimum Gasteiger partial charge on any atom is -0.356 e. The summed E-state index contributed by atoms with van der Waals surface area (Å²) in [6.45, 7) is 7.44. The van der Waals surface area contributed by atoms with Gasteiger partial charge < -0.3 is 20.1 Å². The van der Waals surface area contributed by atoms with Crippen molar-refractivity contribution in [3.8, 4) is 0 Å². The molecule has 0 spiro atoms. The smallest absolute Gasteiger partial charge is 0.250 e. The zero-order valence-electron chi connectivity index (χ0n) is 15.7. The van der Waals surface area contributed by atoms with E-state index in [1.54, 1.807) is 16.7 Å². The summed E-state index contributed by atoms with van der Waals surface area (Å²) in [4.78, 5) is 18.5. The molecule has 0 bridgehead atoms. The van der Waals surface area contributed by atoms with Gasteiger partial charge in [-0.2, -0.15) is 0 Å². The van der Waals surface area contributed by atoms with Gasteiger partial charge in [0.2, 0.25) is 5.56 Å². The van der Waals surface area contributed by atoms with Crippen molar-refractivity contribution in [3.05, 3.63) is 34.7 Å². The SMILES string of the molecule is CCCN1CCC(NC(=NC)NCCCCn2ccccc2=O)CC1. The molecule has 6 heteroatoms. The number of nitrogens with one attached hydrogen (secondary N) is 2. The summed E-state index contributed by atoms with van der Waals surface area (Å²) in [5, 5.41) is 6.93. The van der Waals surface area contributed by atoms with Crippen LogP contribution >= 0.6 is 0 Å². The molecule has 1 aromatic rings. The summed E-state index contributed by atoms with van der Waals surface area (Å²) >= 11 is 0. The number of likely N-dealkylation sites (tertiary alicyclic amines) is 1. The average molecular weight is 348 g/mol. The Hall–Kier alpha value is -1.82. The number of hydrogen-bond acceptors (Lipinski definition) is 3. The molecule has 1 aliphatic rings. The van der Waals surface area contributed by atoms with Gasteiger partial charge in [-0.1, -0.05) is 13.0 Å².